The van der Waals surface area contributed by atoms with E-state index in [4.69, 9.17) is 40.0 Å². The van der Waals surface area contributed by atoms with E-state index in [0.717, 1.165) is 12.0 Å². The Bertz CT molecular complexity index is 1330. The van der Waals surface area contributed by atoms with Crippen LogP contribution < -0.4 is 0 Å². The molecule has 2 bridgehead atoms. The van der Waals surface area contributed by atoms with Crippen molar-refractivity contribution in [3.8, 4) is 11.8 Å². The molecule has 3 fully saturated rings. The van der Waals surface area contributed by atoms with Crippen LogP contribution in [0.15, 0.2) is 36.0 Å². The van der Waals surface area contributed by atoms with Crippen molar-refractivity contribution in [2.75, 3.05) is 14.2 Å². The highest BCUT2D eigenvalue weighted by molar-refractivity contribution is 6.26. The minimum absolute atomic E-state index is 0.0935. The van der Waals surface area contributed by atoms with E-state index in [1.807, 2.05) is 40.7 Å². The highest BCUT2D eigenvalue weighted by atomic mass is 35.5. The molecule has 48 heavy (non-hydrogen) atoms. The van der Waals surface area contributed by atoms with Gasteiger partial charge < -0.3 is 43.7 Å². The number of methoxy groups -OCH3 is 2. The van der Waals surface area contributed by atoms with E-state index in [0.29, 0.717) is 6.42 Å². The molecule has 270 valence electrons. The van der Waals surface area contributed by atoms with Crippen LogP contribution in [0, 0.1) is 29.6 Å². The second-order valence-corrected chi connectivity index (χ2v) is 16.0. The summed E-state index contributed by atoms with van der Waals surface area (Å²) in [4.78, 5) is 13.3. The highest BCUT2D eigenvalue weighted by Crippen LogP contribution is 2.48. The van der Waals surface area contributed by atoms with Crippen LogP contribution in [0.3, 0.4) is 0 Å². The molecule has 4 rings (SSSR count). The highest BCUT2D eigenvalue weighted by Gasteiger charge is 2.61. The van der Waals surface area contributed by atoms with Gasteiger partial charge in [-0.1, -0.05) is 49.5 Å². The number of fused-ring (bicyclic) bond motifs is 2. The van der Waals surface area contributed by atoms with E-state index in [1.54, 1.807) is 45.3 Å². The molecule has 3 aliphatic heterocycles. The summed E-state index contributed by atoms with van der Waals surface area (Å²) in [5, 5.41) is 33.9. The summed E-state index contributed by atoms with van der Waals surface area (Å²) in [5.74, 6) is 1.63. The summed E-state index contributed by atoms with van der Waals surface area (Å²) in [6.45, 7) is 14.4. The minimum atomic E-state index is -1.95. The molecule has 0 aromatic carbocycles. The maximum atomic E-state index is 13.6. The SMILES string of the molecule is CO[C@@H]1[C@](C)(OC2C[C@@]3(O)CC(=O)O[C@@](C)(/C=C/C=C/C#CC4C[C@]4(C)Cl)C/C(C)=C/[C@@H](OC)[C@@H](C)[C@H](O3)[C@@H]2C)O[C@H](C)[C@H](O)[C@]1(C)O. The molecule has 2 saturated heterocycles. The molecule has 0 radical (unpaired) electrons. The summed E-state index contributed by atoms with van der Waals surface area (Å²) in [6, 6.07) is 0. The van der Waals surface area contributed by atoms with Crippen molar-refractivity contribution in [3.05, 3.63) is 36.0 Å². The third-order valence-corrected chi connectivity index (χ3v) is 10.8. The first kappa shape index (κ1) is 39.0. The smallest absolute Gasteiger partial charge is 0.312 e. The Hall–Kier alpha value is -1.78. The zero-order chi connectivity index (χ0) is 35.9. The van der Waals surface area contributed by atoms with Gasteiger partial charge in [0.2, 0.25) is 0 Å². The van der Waals surface area contributed by atoms with Crippen molar-refractivity contribution in [2.24, 2.45) is 17.8 Å². The second-order valence-electron chi connectivity index (χ2n) is 15.1. The molecule has 1 aliphatic carbocycles. The number of esters is 1. The quantitative estimate of drug-likeness (QED) is 0.119. The van der Waals surface area contributed by atoms with Crippen LogP contribution in [-0.4, -0.2) is 99.8 Å². The van der Waals surface area contributed by atoms with Gasteiger partial charge >= 0.3 is 5.97 Å². The summed E-state index contributed by atoms with van der Waals surface area (Å²) >= 11 is 6.27. The van der Waals surface area contributed by atoms with Crippen LogP contribution in [0.2, 0.25) is 0 Å². The first-order valence-electron chi connectivity index (χ1n) is 16.8. The van der Waals surface area contributed by atoms with Crippen molar-refractivity contribution in [3.63, 3.8) is 0 Å². The molecule has 10 nitrogen and oxygen atoms in total. The minimum Gasteiger partial charge on any atom is -0.455 e. The van der Waals surface area contributed by atoms with Gasteiger partial charge in [0.05, 0.1) is 35.7 Å². The van der Waals surface area contributed by atoms with Crippen LogP contribution in [0.5, 0.6) is 0 Å². The number of aliphatic hydroxyl groups excluding tert-OH is 1. The molecule has 3 heterocycles. The zero-order valence-electron chi connectivity index (χ0n) is 30.0. The Labute approximate surface area is 290 Å². The van der Waals surface area contributed by atoms with E-state index in [-0.39, 0.29) is 29.0 Å². The molecule has 4 aliphatic rings. The number of halogens is 1. The largest absolute Gasteiger partial charge is 0.455 e. The summed E-state index contributed by atoms with van der Waals surface area (Å²) in [7, 11) is 3.03. The number of hydrogen-bond acceptors (Lipinski definition) is 10. The number of ether oxygens (including phenoxy) is 6. The number of cyclic esters (lactones) is 1. The molecular formula is C37H55ClO10. The van der Waals surface area contributed by atoms with Crippen LogP contribution in [0.4, 0.5) is 0 Å². The van der Waals surface area contributed by atoms with E-state index < -0.39 is 71.8 Å². The third-order valence-electron chi connectivity index (χ3n) is 10.4. The lowest BCUT2D eigenvalue weighted by Gasteiger charge is -2.55. The van der Waals surface area contributed by atoms with Crippen molar-refractivity contribution >= 4 is 17.6 Å². The van der Waals surface area contributed by atoms with Crippen molar-refractivity contribution in [2.45, 2.75) is 145 Å². The topological polar surface area (TPSA) is 133 Å². The lowest BCUT2D eigenvalue weighted by Crippen LogP contribution is -2.71. The maximum Gasteiger partial charge on any atom is 0.312 e. The Morgan fingerprint density at radius 2 is 1.67 bits per heavy atom. The maximum absolute atomic E-state index is 13.6. The summed E-state index contributed by atoms with van der Waals surface area (Å²) in [6.07, 6.45) is 5.01. The number of hydrogen-bond donors (Lipinski definition) is 3. The monoisotopic (exact) mass is 694 g/mol. The molecule has 3 N–H and O–H groups in total. The van der Waals surface area contributed by atoms with Crippen molar-refractivity contribution in [1.82, 2.24) is 0 Å². The first-order valence-corrected chi connectivity index (χ1v) is 17.2. The number of aliphatic hydroxyl groups is 3. The van der Waals surface area contributed by atoms with Crippen LogP contribution in [-0.2, 0) is 33.2 Å². The summed E-state index contributed by atoms with van der Waals surface area (Å²) < 4.78 is 36.8. The normalized spacial score (nSPS) is 49.7. The lowest BCUT2D eigenvalue weighted by atomic mass is 9.78. The van der Waals surface area contributed by atoms with Crippen LogP contribution in [0.25, 0.3) is 0 Å². The molecule has 0 amide bonds. The molecule has 1 saturated carbocycles. The van der Waals surface area contributed by atoms with Gasteiger partial charge in [-0.3, -0.25) is 4.79 Å². The van der Waals surface area contributed by atoms with Gasteiger partial charge in [-0.05, 0) is 60.1 Å². The average molecular weight is 695 g/mol. The third kappa shape index (κ3) is 8.56. The van der Waals surface area contributed by atoms with E-state index in [9.17, 15) is 20.1 Å². The summed E-state index contributed by atoms with van der Waals surface area (Å²) in [5.41, 5.74) is -1.81. The van der Waals surface area contributed by atoms with Crippen molar-refractivity contribution in [1.29, 1.82) is 0 Å². The fraction of sp³-hybridized carbons (Fsp3) is 0.757. The van der Waals surface area contributed by atoms with Gasteiger partial charge in [0.15, 0.2) is 11.6 Å². The molecule has 0 aromatic rings. The number of allylic oxidation sites excluding steroid dienone is 3. The Kier molecular flexibility index (Phi) is 11.7. The lowest BCUT2D eigenvalue weighted by molar-refractivity contribution is -0.403. The number of carbonyl (C=O) groups excluding carboxylic acids is 1. The molecule has 14 atom stereocenters. The average Bonchev–Trinajstić information content (AvgIpc) is 3.58. The Balaban J connectivity index is 1.63. The predicted octanol–water partition coefficient (Wildman–Crippen LogP) is 4.57. The predicted molar refractivity (Wildman–Crippen MR) is 181 cm³/mol. The molecular weight excluding hydrogens is 640 g/mol. The van der Waals surface area contributed by atoms with E-state index in [2.05, 4.69) is 11.8 Å². The molecule has 0 spiro atoms. The van der Waals surface area contributed by atoms with Gasteiger partial charge in [-0.15, -0.1) is 11.6 Å². The zero-order valence-corrected chi connectivity index (χ0v) is 30.7. The molecule has 0 aromatic heterocycles. The Morgan fingerprint density at radius 3 is 2.27 bits per heavy atom. The van der Waals surface area contributed by atoms with E-state index >= 15 is 0 Å². The van der Waals surface area contributed by atoms with Gasteiger partial charge in [0.1, 0.15) is 23.4 Å². The van der Waals surface area contributed by atoms with Gasteiger partial charge in [-0.25, -0.2) is 0 Å². The van der Waals surface area contributed by atoms with Gasteiger partial charge in [-0.2, -0.15) is 0 Å². The molecule has 11 heteroatoms. The number of rotatable bonds is 6. The first-order chi connectivity index (χ1) is 22.2. The number of alkyl halides is 1. The fourth-order valence-corrected chi connectivity index (χ4v) is 7.90. The van der Waals surface area contributed by atoms with Gasteiger partial charge in [0, 0.05) is 44.8 Å². The van der Waals surface area contributed by atoms with Crippen molar-refractivity contribution < 1.29 is 48.5 Å². The van der Waals surface area contributed by atoms with Crippen LogP contribution in [0.1, 0.15) is 81.1 Å². The van der Waals surface area contributed by atoms with Gasteiger partial charge in [0.25, 0.3) is 0 Å². The Morgan fingerprint density at radius 1 is 1.00 bits per heavy atom. The second kappa shape index (κ2) is 14.5. The van der Waals surface area contributed by atoms with Crippen LogP contribution >= 0.6 is 11.6 Å². The standard InChI is InChI=1S/C37H55ClO10/c1-22-17-27(43-9)23(2)30-24(3)28(46-36(8)32(44-10)35(7,41)31(40)25(4)45-36)20-37(42,48-30)21-29(39)47-33(5,18-22)16-14-12-11-13-15-26-19-34(26,6)38/h11-12,14,16-17,23-28,30-32,40-42H,18-21H2,1-10H3/b12-11+,16-14+,22-17+/t23-,24-,25-,26?,27-,28?,30+,31+,32+,33+,34+,35+,36+,37+/m1/s1. The van der Waals surface area contributed by atoms with E-state index in [1.165, 1.54) is 14.0 Å². The molecule has 2 unspecified atom stereocenters. The number of carbonyl (C=O) groups is 1. The fourth-order valence-electron chi connectivity index (χ4n) is 7.69.